The number of hydrogen-bond acceptors (Lipinski definition) is 1. The van der Waals surface area contributed by atoms with Crippen LogP contribution in [0, 0.1) is 5.92 Å². The maximum Gasteiger partial charge on any atom is 0.0252 e. The van der Waals surface area contributed by atoms with Gasteiger partial charge in [-0.2, -0.15) is 0 Å². The van der Waals surface area contributed by atoms with Crippen LogP contribution in [-0.4, -0.2) is 12.6 Å². The Kier molecular flexibility index (Phi) is 7.87. The molecule has 0 fully saturated rings. The molecule has 0 radical (unpaired) electrons. The van der Waals surface area contributed by atoms with Crippen molar-refractivity contribution in [2.45, 2.75) is 59.9 Å². The summed E-state index contributed by atoms with van der Waals surface area (Å²) in [5.41, 5.74) is 1.42. The molecule has 0 bridgehead atoms. The molecule has 0 aliphatic rings. The molecule has 0 aromatic rings. The van der Waals surface area contributed by atoms with Gasteiger partial charge in [0, 0.05) is 6.04 Å². The first-order valence-corrected chi connectivity index (χ1v) is 5.94. The summed E-state index contributed by atoms with van der Waals surface area (Å²) in [6, 6.07) is 0.586. The fourth-order valence-corrected chi connectivity index (χ4v) is 1.49. The van der Waals surface area contributed by atoms with Gasteiger partial charge in [0.2, 0.25) is 0 Å². The molecule has 0 saturated heterocycles. The van der Waals surface area contributed by atoms with Crippen LogP contribution in [-0.2, 0) is 0 Å². The predicted molar refractivity (Wildman–Crippen MR) is 65.6 cm³/mol. The molecule has 0 amide bonds. The van der Waals surface area contributed by atoms with Gasteiger partial charge in [-0.25, -0.2) is 0 Å². The topological polar surface area (TPSA) is 12.0 Å². The third-order valence-electron chi connectivity index (χ3n) is 2.25. The quantitative estimate of drug-likeness (QED) is 0.613. The van der Waals surface area contributed by atoms with Crippen molar-refractivity contribution in [3.8, 4) is 0 Å². The minimum atomic E-state index is 0.586. The van der Waals surface area contributed by atoms with Crippen LogP contribution in [0.1, 0.15) is 53.9 Å². The average Bonchev–Trinajstić information content (AvgIpc) is 2.09. The molecule has 1 nitrogen and oxygen atoms in total. The van der Waals surface area contributed by atoms with Crippen LogP contribution >= 0.6 is 0 Å². The van der Waals surface area contributed by atoms with Crippen molar-refractivity contribution in [1.82, 2.24) is 5.32 Å². The second kappa shape index (κ2) is 8.05. The molecule has 0 aliphatic carbocycles. The number of nitrogens with one attached hydrogen (secondary N) is 1. The van der Waals surface area contributed by atoms with E-state index < -0.39 is 0 Å². The van der Waals surface area contributed by atoms with E-state index in [0.717, 1.165) is 12.5 Å². The zero-order chi connectivity index (χ0) is 11.0. The minimum Gasteiger partial charge on any atom is -0.311 e. The molecule has 0 aliphatic heterocycles. The van der Waals surface area contributed by atoms with Crippen LogP contribution in [0.4, 0.5) is 0 Å². The van der Waals surface area contributed by atoms with Gasteiger partial charge in [-0.15, -0.1) is 0 Å². The predicted octanol–water partition coefficient (Wildman–Crippen LogP) is 3.76. The lowest BCUT2D eigenvalue weighted by Gasteiger charge is -2.16. The zero-order valence-electron chi connectivity index (χ0n) is 10.6. The fourth-order valence-electron chi connectivity index (χ4n) is 1.49. The van der Waals surface area contributed by atoms with Gasteiger partial charge < -0.3 is 5.32 Å². The van der Waals surface area contributed by atoms with Crippen LogP contribution in [0.15, 0.2) is 11.6 Å². The summed E-state index contributed by atoms with van der Waals surface area (Å²) in [7, 11) is 0. The van der Waals surface area contributed by atoms with Crippen molar-refractivity contribution >= 4 is 0 Å². The molecule has 0 rings (SSSR count). The first kappa shape index (κ1) is 13.7. The largest absolute Gasteiger partial charge is 0.311 e. The number of rotatable bonds is 7. The Morgan fingerprint density at radius 3 is 2.29 bits per heavy atom. The molecule has 0 spiro atoms. The number of hydrogen-bond donors (Lipinski definition) is 1. The minimum absolute atomic E-state index is 0.586. The van der Waals surface area contributed by atoms with Crippen LogP contribution < -0.4 is 5.32 Å². The van der Waals surface area contributed by atoms with Gasteiger partial charge in [0.15, 0.2) is 0 Å². The maximum absolute atomic E-state index is 3.58. The molecule has 1 heteroatoms. The molecule has 1 atom stereocenters. The standard InChI is InChI=1S/C13H27N/c1-6-9-14-13(10-12(4)5)8-7-11(2)3/h10-11,13-14H,6-9H2,1-5H3. The monoisotopic (exact) mass is 197 g/mol. The summed E-state index contributed by atoms with van der Waals surface area (Å²) in [6.07, 6.45) is 6.15. The zero-order valence-corrected chi connectivity index (χ0v) is 10.6. The first-order valence-electron chi connectivity index (χ1n) is 5.94. The smallest absolute Gasteiger partial charge is 0.0252 e. The summed E-state index contributed by atoms with van der Waals surface area (Å²) >= 11 is 0. The third-order valence-corrected chi connectivity index (χ3v) is 2.25. The highest BCUT2D eigenvalue weighted by Crippen LogP contribution is 2.09. The maximum atomic E-state index is 3.58. The summed E-state index contributed by atoms with van der Waals surface area (Å²) in [4.78, 5) is 0. The van der Waals surface area contributed by atoms with Crippen LogP contribution in [0.2, 0.25) is 0 Å². The van der Waals surface area contributed by atoms with Crippen molar-refractivity contribution in [3.05, 3.63) is 11.6 Å². The summed E-state index contributed by atoms with van der Waals surface area (Å²) in [5.74, 6) is 0.812. The number of allylic oxidation sites excluding steroid dienone is 1. The van der Waals surface area contributed by atoms with E-state index in [1.54, 1.807) is 0 Å². The van der Waals surface area contributed by atoms with E-state index in [4.69, 9.17) is 0 Å². The van der Waals surface area contributed by atoms with Gasteiger partial charge in [0.1, 0.15) is 0 Å². The Balaban J connectivity index is 3.91. The van der Waals surface area contributed by atoms with Gasteiger partial charge in [0.05, 0.1) is 0 Å². The van der Waals surface area contributed by atoms with Crippen molar-refractivity contribution in [2.24, 2.45) is 5.92 Å². The van der Waals surface area contributed by atoms with Crippen molar-refractivity contribution in [2.75, 3.05) is 6.54 Å². The Bertz CT molecular complexity index is 155. The van der Waals surface area contributed by atoms with Crippen LogP contribution in [0.3, 0.4) is 0 Å². The van der Waals surface area contributed by atoms with Gasteiger partial charge >= 0.3 is 0 Å². The lowest BCUT2D eigenvalue weighted by atomic mass is 10.0. The SMILES string of the molecule is CCCNC(C=C(C)C)CCC(C)C. The highest BCUT2D eigenvalue weighted by molar-refractivity contribution is 5.00. The summed E-state index contributed by atoms with van der Waals surface area (Å²) in [6.45, 7) is 12.3. The lowest BCUT2D eigenvalue weighted by Crippen LogP contribution is -2.28. The normalized spacial score (nSPS) is 13.0. The van der Waals surface area contributed by atoms with Gasteiger partial charge in [-0.3, -0.25) is 0 Å². The first-order chi connectivity index (χ1) is 6.56. The Morgan fingerprint density at radius 1 is 1.21 bits per heavy atom. The van der Waals surface area contributed by atoms with E-state index in [1.807, 2.05) is 0 Å². The van der Waals surface area contributed by atoms with E-state index in [2.05, 4.69) is 46.0 Å². The molecule has 1 unspecified atom stereocenters. The second-order valence-electron chi connectivity index (χ2n) is 4.78. The molecule has 1 N–H and O–H groups in total. The Morgan fingerprint density at radius 2 is 1.86 bits per heavy atom. The fraction of sp³-hybridized carbons (Fsp3) is 0.846. The van der Waals surface area contributed by atoms with Gasteiger partial charge in [0.25, 0.3) is 0 Å². The molecule has 0 heterocycles. The molecule has 84 valence electrons. The molecule has 14 heavy (non-hydrogen) atoms. The van der Waals surface area contributed by atoms with E-state index in [-0.39, 0.29) is 0 Å². The van der Waals surface area contributed by atoms with Crippen LogP contribution in [0.25, 0.3) is 0 Å². The summed E-state index contributed by atoms with van der Waals surface area (Å²) in [5, 5.41) is 3.58. The van der Waals surface area contributed by atoms with E-state index in [0.29, 0.717) is 6.04 Å². The molecule has 0 aromatic carbocycles. The highest BCUT2D eigenvalue weighted by atomic mass is 14.9. The van der Waals surface area contributed by atoms with Gasteiger partial charge in [-0.05, 0) is 45.6 Å². The molecular formula is C13H27N. The molecule has 0 saturated carbocycles. The van der Waals surface area contributed by atoms with E-state index in [9.17, 15) is 0 Å². The highest BCUT2D eigenvalue weighted by Gasteiger charge is 2.05. The molecule has 0 aromatic heterocycles. The Labute approximate surface area is 90.0 Å². The Hall–Kier alpha value is -0.300. The van der Waals surface area contributed by atoms with Crippen LogP contribution in [0.5, 0.6) is 0 Å². The van der Waals surface area contributed by atoms with Crippen molar-refractivity contribution in [3.63, 3.8) is 0 Å². The van der Waals surface area contributed by atoms with Gasteiger partial charge in [-0.1, -0.05) is 32.4 Å². The molecular weight excluding hydrogens is 170 g/mol. The van der Waals surface area contributed by atoms with Crippen molar-refractivity contribution in [1.29, 1.82) is 0 Å². The average molecular weight is 197 g/mol. The van der Waals surface area contributed by atoms with E-state index >= 15 is 0 Å². The van der Waals surface area contributed by atoms with Crippen molar-refractivity contribution < 1.29 is 0 Å². The third kappa shape index (κ3) is 8.31. The second-order valence-corrected chi connectivity index (χ2v) is 4.78. The lowest BCUT2D eigenvalue weighted by molar-refractivity contribution is 0.476. The van der Waals surface area contributed by atoms with E-state index in [1.165, 1.54) is 24.8 Å². The summed E-state index contributed by atoms with van der Waals surface area (Å²) < 4.78 is 0.